The highest BCUT2D eigenvalue weighted by Crippen LogP contribution is 2.47. The van der Waals surface area contributed by atoms with E-state index in [1.54, 1.807) is 6.20 Å². The van der Waals surface area contributed by atoms with Crippen LogP contribution < -0.4 is 4.90 Å². The van der Waals surface area contributed by atoms with Crippen molar-refractivity contribution in [2.24, 2.45) is 0 Å². The van der Waals surface area contributed by atoms with Crippen LogP contribution in [0.4, 0.5) is 10.6 Å². The smallest absolute Gasteiger partial charge is 0.410 e. The number of hydrogen-bond acceptors (Lipinski definition) is 9. The summed E-state index contributed by atoms with van der Waals surface area (Å²) >= 11 is 4.05. The first-order valence-electron chi connectivity index (χ1n) is 18.5. The molecule has 2 fully saturated rings. The van der Waals surface area contributed by atoms with Gasteiger partial charge in [-0.05, 0) is 92.5 Å². The minimum atomic E-state index is -1.30. The van der Waals surface area contributed by atoms with Crippen LogP contribution in [-0.4, -0.2) is 103 Å². The number of aromatic nitrogens is 4. The van der Waals surface area contributed by atoms with Crippen molar-refractivity contribution in [3.05, 3.63) is 40.4 Å². The number of piperidine rings is 1. The molecule has 1 amide bonds. The molecule has 5 rings (SSSR count). The van der Waals surface area contributed by atoms with E-state index in [-0.39, 0.29) is 30.7 Å². The Bertz CT molecular complexity index is 1720. The molecule has 1 unspecified atom stereocenters. The second-order valence-corrected chi connectivity index (χ2v) is 29.5. The maximum absolute atomic E-state index is 13.3. The third-order valence-corrected chi connectivity index (χ3v) is 13.6. The van der Waals surface area contributed by atoms with E-state index in [9.17, 15) is 4.79 Å². The van der Waals surface area contributed by atoms with Crippen LogP contribution in [0.5, 0.6) is 0 Å². The molecule has 1 N–H and O–H groups in total. The summed E-state index contributed by atoms with van der Waals surface area (Å²) in [5, 5.41) is 14.0. The fourth-order valence-electron chi connectivity index (χ4n) is 6.76. The summed E-state index contributed by atoms with van der Waals surface area (Å²) in [5.41, 5.74) is 3.39. The molecular weight excluding hydrogens is 757 g/mol. The Kier molecular flexibility index (Phi) is 13.0. The van der Waals surface area contributed by atoms with Gasteiger partial charge in [-0.15, -0.1) is 0 Å². The van der Waals surface area contributed by atoms with Gasteiger partial charge in [-0.1, -0.05) is 45.2 Å². The lowest BCUT2D eigenvalue weighted by atomic mass is 9.88. The van der Waals surface area contributed by atoms with Crippen LogP contribution in [0.25, 0.3) is 16.8 Å². The van der Waals surface area contributed by atoms with E-state index in [1.165, 1.54) is 0 Å². The first-order chi connectivity index (χ1) is 24.4. The molecule has 0 aliphatic carbocycles. The largest absolute Gasteiger partial charge is 0.444 e. The fraction of sp³-hybridized carbons (Fsp3) is 0.632. The predicted octanol–water partition coefficient (Wildman–Crippen LogP) is 7.97. The van der Waals surface area contributed by atoms with Crippen LogP contribution in [0.2, 0.25) is 51.4 Å². The number of nitrogens with zero attached hydrogens (tertiary/aromatic N) is 6. The molecule has 3 aromatic heterocycles. The molecule has 2 aliphatic heterocycles. The fourth-order valence-corrected chi connectivity index (χ4v) is 9.10. The van der Waals surface area contributed by atoms with Crippen molar-refractivity contribution in [1.82, 2.24) is 24.5 Å². The van der Waals surface area contributed by atoms with Gasteiger partial charge in [0.05, 0.1) is 16.4 Å². The number of fused-ring (bicyclic) bond motifs is 3. The first-order valence-corrected chi connectivity index (χ1v) is 26.7. The van der Waals surface area contributed by atoms with Gasteiger partial charge in [0.2, 0.25) is 0 Å². The van der Waals surface area contributed by atoms with Crippen molar-refractivity contribution >= 4 is 49.6 Å². The number of carbonyl (C=O) groups excluding carboxylic acids is 1. The number of anilines is 1. The number of amides is 1. The van der Waals surface area contributed by atoms with E-state index < -0.39 is 21.7 Å². The van der Waals surface area contributed by atoms with Gasteiger partial charge in [0.25, 0.3) is 0 Å². The maximum Gasteiger partial charge on any atom is 0.410 e. The topological polar surface area (TPSA) is 115 Å². The zero-order valence-electron chi connectivity index (χ0n) is 32.5. The van der Waals surface area contributed by atoms with Crippen LogP contribution in [0.15, 0.2) is 29.0 Å². The second-order valence-electron chi connectivity index (χ2n) is 17.5. The number of pyridine rings is 1. The van der Waals surface area contributed by atoms with Crippen molar-refractivity contribution in [1.29, 1.82) is 0 Å². The molecule has 3 aromatic rings. The van der Waals surface area contributed by atoms with E-state index >= 15 is 0 Å². The van der Waals surface area contributed by atoms with E-state index in [4.69, 9.17) is 29.4 Å². The summed E-state index contributed by atoms with van der Waals surface area (Å²) in [4.78, 5) is 27.3. The third kappa shape index (κ3) is 10.4. The average molecular weight is 814 g/mol. The molecule has 5 heterocycles. The first kappa shape index (κ1) is 40.4. The molecule has 2 bridgehead atoms. The molecule has 0 aromatic carbocycles. The van der Waals surface area contributed by atoms with Crippen molar-refractivity contribution < 1.29 is 24.1 Å². The van der Waals surface area contributed by atoms with Gasteiger partial charge in [-0.3, -0.25) is 0 Å². The van der Waals surface area contributed by atoms with E-state index in [0.29, 0.717) is 38.0 Å². The number of ether oxygens (including phenoxy) is 3. The SMILES string of the molecule is CC(C)(C)OC(=O)N1[C@@H]2CC[C@H]1CC(c1nc3c(-c4ccc(C#CCO)nc4)cnn3c(N(COCC[Si](C)(C)C)COCC[Si](C)(C)C)c1Br)C2. The summed E-state index contributed by atoms with van der Waals surface area (Å²) in [7, 11) is -2.60. The van der Waals surface area contributed by atoms with Gasteiger partial charge < -0.3 is 29.1 Å². The van der Waals surface area contributed by atoms with E-state index in [0.717, 1.165) is 64.9 Å². The monoisotopic (exact) mass is 812 g/mol. The third-order valence-electron chi connectivity index (χ3n) is 9.47. The number of aliphatic hydroxyl groups excluding tert-OH is 1. The zero-order valence-corrected chi connectivity index (χ0v) is 36.0. The minimum Gasteiger partial charge on any atom is -0.444 e. The number of halogens is 1. The Hall–Kier alpha value is -2.81. The van der Waals surface area contributed by atoms with Gasteiger partial charge in [-0.2, -0.15) is 9.61 Å². The quantitative estimate of drug-likeness (QED) is 0.0795. The number of hydrogen-bond donors (Lipinski definition) is 1. The highest BCUT2D eigenvalue weighted by Gasteiger charge is 2.46. The summed E-state index contributed by atoms with van der Waals surface area (Å²) in [5.74, 6) is 6.47. The molecule has 2 saturated heterocycles. The minimum absolute atomic E-state index is 0.0824. The lowest BCUT2D eigenvalue weighted by molar-refractivity contribution is 0.00566. The van der Waals surface area contributed by atoms with Crippen LogP contribution in [0.3, 0.4) is 0 Å². The number of rotatable bonds is 13. The lowest BCUT2D eigenvalue weighted by Crippen LogP contribution is -2.48. The van der Waals surface area contributed by atoms with Gasteiger partial charge >= 0.3 is 6.09 Å². The normalized spacial score (nSPS) is 19.1. The predicted molar refractivity (Wildman–Crippen MR) is 215 cm³/mol. The Morgan fingerprint density at radius 2 is 1.62 bits per heavy atom. The summed E-state index contributed by atoms with van der Waals surface area (Å²) in [6, 6.07) is 6.10. The van der Waals surface area contributed by atoms with Crippen molar-refractivity contribution in [3.63, 3.8) is 0 Å². The van der Waals surface area contributed by atoms with Crippen LogP contribution in [-0.2, 0) is 14.2 Å². The Morgan fingerprint density at radius 1 is 1.00 bits per heavy atom. The number of aliphatic hydroxyl groups is 1. The molecule has 3 atom stereocenters. The molecule has 0 spiro atoms. The summed E-state index contributed by atoms with van der Waals surface area (Å²) in [6.07, 6.45) is 6.87. The van der Waals surface area contributed by atoms with Crippen LogP contribution in [0.1, 0.15) is 63.8 Å². The van der Waals surface area contributed by atoms with Crippen LogP contribution in [0, 0.1) is 11.8 Å². The highest BCUT2D eigenvalue weighted by molar-refractivity contribution is 9.10. The Labute approximate surface area is 320 Å². The molecule has 0 radical (unpaired) electrons. The van der Waals surface area contributed by atoms with Crippen molar-refractivity contribution in [2.75, 3.05) is 38.2 Å². The summed E-state index contributed by atoms with van der Waals surface area (Å²) in [6.45, 7) is 21.7. The second kappa shape index (κ2) is 16.7. The van der Waals surface area contributed by atoms with E-state index in [2.05, 4.69) is 76.9 Å². The van der Waals surface area contributed by atoms with Gasteiger partial charge in [0.15, 0.2) is 11.5 Å². The zero-order chi connectivity index (χ0) is 37.8. The number of carbonyl (C=O) groups is 1. The molecule has 2 aliphatic rings. The van der Waals surface area contributed by atoms with Gasteiger partial charge in [0.1, 0.15) is 31.4 Å². The molecular formula is C38H57BrN6O5Si2. The van der Waals surface area contributed by atoms with Crippen molar-refractivity contribution in [3.8, 4) is 23.0 Å². The molecule has 0 saturated carbocycles. The maximum atomic E-state index is 13.3. The molecule has 14 heteroatoms. The lowest BCUT2D eigenvalue weighted by Gasteiger charge is -2.39. The highest BCUT2D eigenvalue weighted by atomic mass is 79.9. The Balaban J connectivity index is 1.56. The standard InChI is InChI=1S/C38H57BrN6O5Si2/c1-38(2,3)50-37(47)44-30-14-15-31(44)22-28(21-30)34-33(39)36(43(25-48-17-19-51(4,5)6)26-49-18-20-52(7,8)9)45-35(42-34)32(24-41-45)27-12-13-29(40-23-27)11-10-16-46/h12-13,23-24,28,30-31,46H,14-22,25-26H2,1-9H3/t28?,30-,31+. The van der Waals surface area contributed by atoms with E-state index in [1.807, 2.05) is 48.5 Å². The Morgan fingerprint density at radius 3 is 2.13 bits per heavy atom. The van der Waals surface area contributed by atoms with Crippen LogP contribution >= 0.6 is 15.9 Å². The van der Waals surface area contributed by atoms with Gasteiger partial charge in [-0.25, -0.2) is 14.8 Å². The van der Waals surface area contributed by atoms with Gasteiger partial charge in [0, 0.05) is 64.7 Å². The molecule has 52 heavy (non-hydrogen) atoms. The molecule has 11 nitrogen and oxygen atoms in total. The molecule has 284 valence electrons. The average Bonchev–Trinajstić information content (AvgIpc) is 3.59. The summed E-state index contributed by atoms with van der Waals surface area (Å²) < 4.78 is 21.4. The van der Waals surface area contributed by atoms with Crippen molar-refractivity contribution in [2.45, 2.75) is 121 Å².